The summed E-state index contributed by atoms with van der Waals surface area (Å²) in [7, 11) is 0. The zero-order valence-electron chi connectivity index (χ0n) is 12.2. The van der Waals surface area contributed by atoms with E-state index in [1.165, 1.54) is 5.56 Å². The Balaban J connectivity index is 2.01. The van der Waals surface area contributed by atoms with E-state index < -0.39 is 0 Å². The summed E-state index contributed by atoms with van der Waals surface area (Å²) in [5, 5.41) is 12.9. The lowest BCUT2D eigenvalue weighted by molar-refractivity contribution is 0.242. The Labute approximate surface area is 120 Å². The van der Waals surface area contributed by atoms with E-state index in [-0.39, 0.29) is 12.6 Å². The summed E-state index contributed by atoms with van der Waals surface area (Å²) in [6.07, 6.45) is 4.82. The van der Waals surface area contributed by atoms with Crippen LogP contribution in [0.2, 0.25) is 0 Å². The number of hydrogen-bond donors (Lipinski definition) is 2. The number of nitrogens with one attached hydrogen (secondary N) is 1. The average molecular weight is 273 g/mol. The van der Waals surface area contributed by atoms with E-state index in [0.29, 0.717) is 6.54 Å². The molecule has 2 aromatic rings. The monoisotopic (exact) mass is 273 g/mol. The largest absolute Gasteiger partial charge is 0.394 e. The van der Waals surface area contributed by atoms with Crippen molar-refractivity contribution in [2.75, 3.05) is 6.61 Å². The van der Waals surface area contributed by atoms with Gasteiger partial charge in [0.25, 0.3) is 0 Å². The molecule has 0 saturated heterocycles. The number of aliphatic hydroxyl groups is 1. The fraction of sp³-hybridized carbons (Fsp3) is 0.438. The lowest BCUT2D eigenvalue weighted by Crippen LogP contribution is -2.25. The first-order valence-electron chi connectivity index (χ1n) is 7.21. The lowest BCUT2D eigenvalue weighted by Gasteiger charge is -2.17. The first kappa shape index (κ1) is 14.8. The number of nitrogens with zero attached hydrogens (tertiary/aromatic N) is 2. The number of aryl methyl sites for hydroxylation is 2. The zero-order valence-corrected chi connectivity index (χ0v) is 12.2. The Bertz CT molecular complexity index is 519. The topological polar surface area (TPSA) is 50.1 Å². The van der Waals surface area contributed by atoms with Crippen molar-refractivity contribution in [3.8, 4) is 0 Å². The fourth-order valence-corrected chi connectivity index (χ4v) is 2.28. The van der Waals surface area contributed by atoms with Gasteiger partial charge in [0, 0.05) is 18.9 Å². The number of imidazole rings is 1. The van der Waals surface area contributed by atoms with Crippen LogP contribution >= 0.6 is 0 Å². The third-order valence-corrected chi connectivity index (χ3v) is 3.62. The van der Waals surface area contributed by atoms with Gasteiger partial charge in [-0.25, -0.2) is 4.98 Å². The molecule has 0 amide bonds. The molecule has 20 heavy (non-hydrogen) atoms. The summed E-state index contributed by atoms with van der Waals surface area (Å²) < 4.78 is 2.10. The van der Waals surface area contributed by atoms with Gasteiger partial charge in [-0.3, -0.25) is 0 Å². The third-order valence-electron chi connectivity index (χ3n) is 3.62. The van der Waals surface area contributed by atoms with Crippen LogP contribution in [0.1, 0.15) is 36.8 Å². The molecule has 0 spiro atoms. The second-order valence-electron chi connectivity index (χ2n) is 4.84. The number of rotatable bonds is 7. The molecule has 1 aromatic carbocycles. The maximum absolute atomic E-state index is 9.57. The first-order chi connectivity index (χ1) is 9.78. The Morgan fingerprint density at radius 1 is 1.25 bits per heavy atom. The molecule has 1 atom stereocenters. The molecule has 0 aliphatic carbocycles. The van der Waals surface area contributed by atoms with Gasteiger partial charge in [-0.1, -0.05) is 31.2 Å². The number of hydrogen-bond acceptors (Lipinski definition) is 3. The molecule has 2 rings (SSSR count). The van der Waals surface area contributed by atoms with Crippen molar-refractivity contribution in [2.24, 2.45) is 0 Å². The van der Waals surface area contributed by atoms with E-state index in [1.807, 2.05) is 12.4 Å². The highest BCUT2D eigenvalue weighted by Crippen LogP contribution is 2.14. The molecule has 4 nitrogen and oxygen atoms in total. The normalized spacial score (nSPS) is 12.6. The number of aromatic nitrogens is 2. The van der Waals surface area contributed by atoms with Crippen LogP contribution in [0.15, 0.2) is 36.7 Å². The Morgan fingerprint density at radius 2 is 2.00 bits per heavy atom. The van der Waals surface area contributed by atoms with Crippen molar-refractivity contribution in [2.45, 2.75) is 39.4 Å². The molecule has 1 aromatic heterocycles. The fourth-order valence-electron chi connectivity index (χ4n) is 2.28. The van der Waals surface area contributed by atoms with E-state index in [4.69, 9.17) is 0 Å². The van der Waals surface area contributed by atoms with Crippen LogP contribution in [0.3, 0.4) is 0 Å². The molecule has 108 valence electrons. The van der Waals surface area contributed by atoms with Crippen molar-refractivity contribution in [1.29, 1.82) is 0 Å². The molecular formula is C16H23N3O. The van der Waals surface area contributed by atoms with E-state index >= 15 is 0 Å². The molecule has 0 radical (unpaired) electrons. The van der Waals surface area contributed by atoms with Crippen LogP contribution in [0.5, 0.6) is 0 Å². The Kier molecular flexibility index (Phi) is 5.32. The van der Waals surface area contributed by atoms with Gasteiger partial charge >= 0.3 is 0 Å². The highest BCUT2D eigenvalue weighted by atomic mass is 16.3. The minimum Gasteiger partial charge on any atom is -0.394 e. The minimum atomic E-state index is -0.0529. The summed E-state index contributed by atoms with van der Waals surface area (Å²) in [6, 6.07) is 8.35. The molecule has 0 fully saturated rings. The lowest BCUT2D eigenvalue weighted by atomic mass is 10.0. The van der Waals surface area contributed by atoms with Crippen molar-refractivity contribution < 1.29 is 5.11 Å². The first-order valence-corrected chi connectivity index (χ1v) is 7.21. The summed E-state index contributed by atoms with van der Waals surface area (Å²) in [5.74, 6) is 0.996. The van der Waals surface area contributed by atoms with Crippen molar-refractivity contribution in [3.05, 3.63) is 53.6 Å². The van der Waals surface area contributed by atoms with E-state index in [1.54, 1.807) is 0 Å². The molecule has 0 aliphatic heterocycles. The molecule has 0 bridgehead atoms. The predicted octanol–water partition coefficient (Wildman–Crippen LogP) is 2.29. The van der Waals surface area contributed by atoms with Crippen LogP contribution < -0.4 is 5.32 Å². The van der Waals surface area contributed by atoms with Gasteiger partial charge in [0.15, 0.2) is 0 Å². The Hall–Kier alpha value is -1.65. The van der Waals surface area contributed by atoms with Gasteiger partial charge in [-0.2, -0.15) is 0 Å². The summed E-state index contributed by atoms with van der Waals surface area (Å²) in [4.78, 5) is 4.33. The van der Waals surface area contributed by atoms with Crippen molar-refractivity contribution in [3.63, 3.8) is 0 Å². The quantitative estimate of drug-likeness (QED) is 0.814. The van der Waals surface area contributed by atoms with E-state index in [9.17, 15) is 5.11 Å². The second kappa shape index (κ2) is 7.22. The maximum Gasteiger partial charge on any atom is 0.122 e. The van der Waals surface area contributed by atoms with Crippen LogP contribution in [0, 0.1) is 0 Å². The van der Waals surface area contributed by atoms with Gasteiger partial charge in [0.1, 0.15) is 5.82 Å². The average Bonchev–Trinajstić information content (AvgIpc) is 2.96. The minimum absolute atomic E-state index is 0.0529. The van der Waals surface area contributed by atoms with Gasteiger partial charge in [0.2, 0.25) is 0 Å². The smallest absolute Gasteiger partial charge is 0.122 e. The molecule has 4 heteroatoms. The third kappa shape index (κ3) is 3.46. The standard InChI is InChI=1S/C16H23N3O/c1-3-13-5-7-14(8-6-13)15(12-20)18-11-16-17-9-10-19(16)4-2/h5-10,15,18,20H,3-4,11-12H2,1-2H3. The maximum atomic E-state index is 9.57. The predicted molar refractivity (Wildman–Crippen MR) is 80.4 cm³/mol. The molecular weight excluding hydrogens is 250 g/mol. The van der Waals surface area contributed by atoms with Gasteiger partial charge < -0.3 is 15.0 Å². The van der Waals surface area contributed by atoms with Crippen molar-refractivity contribution >= 4 is 0 Å². The summed E-state index contributed by atoms with van der Waals surface area (Å²) in [5.41, 5.74) is 2.42. The van der Waals surface area contributed by atoms with Gasteiger partial charge in [-0.05, 0) is 24.5 Å². The van der Waals surface area contributed by atoms with Crippen LogP contribution in [-0.4, -0.2) is 21.3 Å². The van der Waals surface area contributed by atoms with E-state index in [0.717, 1.165) is 24.4 Å². The molecule has 0 saturated carbocycles. The van der Waals surface area contributed by atoms with Gasteiger partial charge in [0.05, 0.1) is 19.2 Å². The Morgan fingerprint density at radius 3 is 2.60 bits per heavy atom. The number of aliphatic hydroxyl groups excluding tert-OH is 1. The summed E-state index contributed by atoms with van der Waals surface area (Å²) in [6.45, 7) is 5.88. The highest BCUT2D eigenvalue weighted by Gasteiger charge is 2.11. The summed E-state index contributed by atoms with van der Waals surface area (Å²) >= 11 is 0. The SMILES string of the molecule is CCc1ccc(C(CO)NCc2nccn2CC)cc1. The van der Waals surface area contributed by atoms with Crippen LogP contribution in [0.25, 0.3) is 0 Å². The van der Waals surface area contributed by atoms with E-state index in [2.05, 4.69) is 53.0 Å². The van der Waals surface area contributed by atoms with Crippen LogP contribution in [0.4, 0.5) is 0 Å². The van der Waals surface area contributed by atoms with Crippen LogP contribution in [-0.2, 0) is 19.5 Å². The highest BCUT2D eigenvalue weighted by molar-refractivity contribution is 5.25. The zero-order chi connectivity index (χ0) is 14.4. The second-order valence-corrected chi connectivity index (χ2v) is 4.84. The number of benzene rings is 1. The molecule has 1 heterocycles. The molecule has 0 aliphatic rings. The van der Waals surface area contributed by atoms with Crippen molar-refractivity contribution in [1.82, 2.24) is 14.9 Å². The molecule has 2 N–H and O–H groups in total. The molecule has 1 unspecified atom stereocenters. The van der Waals surface area contributed by atoms with Gasteiger partial charge in [-0.15, -0.1) is 0 Å².